The van der Waals surface area contributed by atoms with E-state index >= 15 is 0 Å². The normalized spacial score (nSPS) is 13.0. The van der Waals surface area contributed by atoms with Crippen LogP contribution in [0, 0.1) is 12.3 Å². The van der Waals surface area contributed by atoms with E-state index in [1.165, 1.54) is 60.1 Å². The smallest absolute Gasteiger partial charge is 0.224 e. The molecule has 0 fully saturated rings. The first-order valence-corrected chi connectivity index (χ1v) is 10.8. The summed E-state index contributed by atoms with van der Waals surface area (Å²) in [4.78, 5) is 0. The molecule has 0 spiro atoms. The molecule has 0 saturated heterocycles. The molecule has 0 aliphatic carbocycles. The summed E-state index contributed by atoms with van der Waals surface area (Å²) in [5.74, 6) is 0. The fourth-order valence-electron chi connectivity index (χ4n) is 5.44. The number of nitrogens with zero attached hydrogens (tertiary/aromatic N) is 2. The molecule has 0 N–H and O–H groups in total. The second kappa shape index (κ2) is 5.72. The number of benzene rings is 3. The van der Waals surface area contributed by atoms with Gasteiger partial charge in [-0.1, -0.05) is 63.2 Å². The zero-order valence-corrected chi connectivity index (χ0v) is 18.4. The highest BCUT2D eigenvalue weighted by Gasteiger charge is 2.26. The second-order valence-electron chi connectivity index (χ2n) is 10.1. The Hall–Kier alpha value is -3.13. The van der Waals surface area contributed by atoms with Crippen LogP contribution in [0.25, 0.3) is 49.0 Å². The summed E-state index contributed by atoms with van der Waals surface area (Å²) in [5.41, 5.74) is 8.36. The molecule has 0 unspecified atom stereocenters. The minimum atomic E-state index is 0.219. The van der Waals surface area contributed by atoms with Crippen molar-refractivity contribution in [2.24, 2.45) is 12.5 Å². The number of hydrogen-bond donors (Lipinski definition) is 0. The zero-order chi connectivity index (χ0) is 20.8. The van der Waals surface area contributed by atoms with Gasteiger partial charge >= 0.3 is 0 Å². The van der Waals surface area contributed by atoms with Crippen molar-refractivity contribution in [3.63, 3.8) is 0 Å². The summed E-state index contributed by atoms with van der Waals surface area (Å²) in [6, 6.07) is 20.4. The van der Waals surface area contributed by atoms with Crippen LogP contribution in [-0.2, 0) is 13.5 Å². The Balaban J connectivity index is 2.04. The van der Waals surface area contributed by atoms with E-state index < -0.39 is 0 Å². The van der Waals surface area contributed by atoms with Crippen LogP contribution in [0.3, 0.4) is 0 Å². The number of hydrogen-bond acceptors (Lipinski definition) is 0. The lowest BCUT2D eigenvalue weighted by atomic mass is 9.86. The van der Waals surface area contributed by atoms with Gasteiger partial charge in [0, 0.05) is 16.8 Å². The van der Waals surface area contributed by atoms with Gasteiger partial charge in [0.25, 0.3) is 0 Å². The van der Waals surface area contributed by atoms with Gasteiger partial charge in [-0.25, -0.2) is 4.57 Å². The third kappa shape index (κ3) is 2.22. The van der Waals surface area contributed by atoms with Crippen LogP contribution in [-0.4, -0.2) is 4.40 Å². The maximum Gasteiger partial charge on any atom is 0.224 e. The highest BCUT2D eigenvalue weighted by molar-refractivity contribution is 6.26. The predicted octanol–water partition coefficient (Wildman–Crippen LogP) is 6.71. The van der Waals surface area contributed by atoms with Gasteiger partial charge in [-0.15, -0.1) is 0 Å². The number of fused-ring (bicyclic) bond motifs is 5. The van der Waals surface area contributed by atoms with Gasteiger partial charge in [-0.05, 0) is 41.3 Å². The Morgan fingerprint density at radius 2 is 1.63 bits per heavy atom. The van der Waals surface area contributed by atoms with Crippen LogP contribution < -0.4 is 4.57 Å². The maximum absolute atomic E-state index is 2.56. The van der Waals surface area contributed by atoms with E-state index in [0.29, 0.717) is 0 Å². The van der Waals surface area contributed by atoms with E-state index in [1.807, 2.05) is 0 Å². The van der Waals surface area contributed by atoms with Crippen LogP contribution in [0.1, 0.15) is 31.9 Å². The topological polar surface area (TPSA) is 8.29 Å². The third-order valence-corrected chi connectivity index (χ3v) is 6.59. The highest BCUT2D eigenvalue weighted by atomic mass is 15.0. The average Bonchev–Trinajstić information content (AvgIpc) is 3.03. The largest absolute Gasteiger partial charge is 0.307 e. The van der Waals surface area contributed by atoms with Gasteiger partial charge in [0.2, 0.25) is 5.52 Å². The van der Waals surface area contributed by atoms with E-state index in [2.05, 4.69) is 105 Å². The summed E-state index contributed by atoms with van der Waals surface area (Å²) in [6.07, 6.45) is 3.26. The summed E-state index contributed by atoms with van der Waals surface area (Å²) in [5, 5.41) is 6.75. The quantitative estimate of drug-likeness (QED) is 0.167. The fraction of sp³-hybridized carbons (Fsp3) is 0.250. The van der Waals surface area contributed by atoms with E-state index in [-0.39, 0.29) is 5.41 Å². The van der Waals surface area contributed by atoms with Crippen molar-refractivity contribution in [2.45, 2.75) is 34.1 Å². The Labute approximate surface area is 176 Å². The molecule has 0 saturated carbocycles. The number of aromatic nitrogens is 2. The highest BCUT2D eigenvalue weighted by Crippen LogP contribution is 2.42. The first-order valence-electron chi connectivity index (χ1n) is 10.8. The van der Waals surface area contributed by atoms with Crippen molar-refractivity contribution in [3.8, 4) is 0 Å². The minimum absolute atomic E-state index is 0.219. The molecular weight excluding hydrogens is 364 g/mol. The Morgan fingerprint density at radius 1 is 0.833 bits per heavy atom. The van der Waals surface area contributed by atoms with Crippen molar-refractivity contribution in [2.75, 3.05) is 0 Å². The molecule has 6 rings (SSSR count). The van der Waals surface area contributed by atoms with E-state index in [9.17, 15) is 0 Å². The third-order valence-electron chi connectivity index (χ3n) is 6.59. The predicted molar refractivity (Wildman–Crippen MR) is 128 cm³/mol. The Kier molecular flexibility index (Phi) is 3.38. The molecule has 3 aromatic carbocycles. The molecule has 30 heavy (non-hydrogen) atoms. The van der Waals surface area contributed by atoms with E-state index in [4.69, 9.17) is 0 Å². The molecule has 0 atom stereocenters. The molecule has 3 heterocycles. The van der Waals surface area contributed by atoms with Crippen molar-refractivity contribution < 1.29 is 4.57 Å². The lowest BCUT2D eigenvalue weighted by molar-refractivity contribution is -0.643. The summed E-state index contributed by atoms with van der Waals surface area (Å²) in [7, 11) is 2.19. The van der Waals surface area contributed by atoms with Crippen LogP contribution in [0.4, 0.5) is 0 Å². The average molecular weight is 392 g/mol. The van der Waals surface area contributed by atoms with Crippen LogP contribution >= 0.6 is 0 Å². The van der Waals surface area contributed by atoms with E-state index in [1.54, 1.807) is 0 Å². The molecule has 0 amide bonds. The molecule has 2 nitrogen and oxygen atoms in total. The van der Waals surface area contributed by atoms with Gasteiger partial charge in [-0.3, -0.25) is 0 Å². The molecule has 0 aliphatic rings. The lowest BCUT2D eigenvalue weighted by Gasteiger charge is -2.21. The van der Waals surface area contributed by atoms with Crippen molar-refractivity contribution in [3.05, 3.63) is 71.9 Å². The van der Waals surface area contributed by atoms with Gasteiger partial charge < -0.3 is 4.40 Å². The molecule has 0 bridgehead atoms. The van der Waals surface area contributed by atoms with Crippen LogP contribution in [0.15, 0.2) is 60.8 Å². The summed E-state index contributed by atoms with van der Waals surface area (Å²) < 4.78 is 4.87. The number of pyridine rings is 2. The SMILES string of the molecule is Cc1ccc2c3ccccc3n3c4c(CC(C)(C)C)ccc5cc[n+](C)c(c1c23)c54. The first kappa shape index (κ1) is 17.7. The number of rotatable bonds is 1. The van der Waals surface area contributed by atoms with Crippen molar-refractivity contribution >= 4 is 49.0 Å². The first-order chi connectivity index (χ1) is 14.3. The van der Waals surface area contributed by atoms with Crippen molar-refractivity contribution in [1.82, 2.24) is 4.40 Å². The van der Waals surface area contributed by atoms with Gasteiger partial charge in [-0.2, -0.15) is 0 Å². The van der Waals surface area contributed by atoms with Crippen LogP contribution in [0.2, 0.25) is 0 Å². The molecule has 0 aliphatic heterocycles. The van der Waals surface area contributed by atoms with Crippen LogP contribution in [0.5, 0.6) is 0 Å². The van der Waals surface area contributed by atoms with Gasteiger partial charge in [0.1, 0.15) is 7.05 Å². The molecule has 6 aromatic rings. The molecule has 148 valence electrons. The maximum atomic E-state index is 2.56. The zero-order valence-electron chi connectivity index (χ0n) is 18.4. The Bertz CT molecular complexity index is 1610. The monoisotopic (exact) mass is 391 g/mol. The summed E-state index contributed by atoms with van der Waals surface area (Å²) >= 11 is 0. The Morgan fingerprint density at radius 3 is 2.43 bits per heavy atom. The minimum Gasteiger partial charge on any atom is -0.307 e. The molecular formula is C28H27N2+. The van der Waals surface area contributed by atoms with Gasteiger partial charge in [0.15, 0.2) is 6.20 Å². The lowest BCUT2D eigenvalue weighted by Crippen LogP contribution is -2.29. The standard InChI is InChI=1S/C28H27N2/c1-17-10-13-21-20-8-6-7-9-22(20)30-25-19(16-28(2,3)4)12-11-18-14-15-29(5)27(24(18)25)23(17)26(21)30/h6-15H,16H2,1-5H3/q+1. The van der Waals surface area contributed by atoms with Gasteiger partial charge in [0.05, 0.1) is 27.3 Å². The summed E-state index contributed by atoms with van der Waals surface area (Å²) in [6.45, 7) is 9.25. The second-order valence-corrected chi connectivity index (χ2v) is 10.1. The van der Waals surface area contributed by atoms with E-state index in [0.717, 1.165) is 6.42 Å². The molecule has 0 radical (unpaired) electrons. The number of para-hydroxylation sites is 1. The molecule has 3 aromatic heterocycles. The fourth-order valence-corrected chi connectivity index (χ4v) is 5.44. The van der Waals surface area contributed by atoms with Crippen molar-refractivity contribution in [1.29, 1.82) is 0 Å². The number of aryl methyl sites for hydroxylation is 2. The molecule has 2 heteroatoms.